The van der Waals surface area contributed by atoms with Crippen molar-refractivity contribution in [3.8, 4) is 0 Å². The Balaban J connectivity index is 2.04. The van der Waals surface area contributed by atoms with Crippen molar-refractivity contribution in [1.82, 2.24) is 25.0 Å². The fraction of sp³-hybridized carbons (Fsp3) is 0.538. The largest absolute Gasteiger partial charge is 0.293 e. The van der Waals surface area contributed by atoms with E-state index < -0.39 is 0 Å². The molecule has 0 saturated heterocycles. The lowest BCUT2D eigenvalue weighted by Gasteiger charge is -2.17. The third-order valence-corrected chi connectivity index (χ3v) is 3.05. The zero-order valence-electron chi connectivity index (χ0n) is 12.5. The van der Waals surface area contributed by atoms with Gasteiger partial charge in [-0.05, 0) is 34.6 Å². The molecule has 0 aliphatic rings. The van der Waals surface area contributed by atoms with Gasteiger partial charge in [0, 0.05) is 11.3 Å². The van der Waals surface area contributed by atoms with Gasteiger partial charge in [0.25, 0.3) is 0 Å². The van der Waals surface area contributed by atoms with Crippen LogP contribution in [0, 0.1) is 13.8 Å². The van der Waals surface area contributed by atoms with Crippen molar-refractivity contribution in [2.45, 2.75) is 46.6 Å². The first-order chi connectivity index (χ1) is 9.27. The Morgan fingerprint density at radius 2 is 2.10 bits per heavy atom. The van der Waals surface area contributed by atoms with Crippen molar-refractivity contribution < 1.29 is 4.79 Å². The summed E-state index contributed by atoms with van der Waals surface area (Å²) in [6.45, 7) is 9.83. The van der Waals surface area contributed by atoms with E-state index in [1.54, 1.807) is 11.0 Å². The predicted molar refractivity (Wildman–Crippen MR) is 75.4 cm³/mol. The van der Waals surface area contributed by atoms with Crippen molar-refractivity contribution >= 4 is 11.9 Å². The molecular weight excluding hydrogens is 256 g/mol. The van der Waals surface area contributed by atoms with Crippen molar-refractivity contribution in [3.63, 3.8) is 0 Å². The molecule has 2 N–H and O–H groups in total. The number of H-pyrrole nitrogens is 1. The number of hydrogen-bond donors (Lipinski definition) is 2. The van der Waals surface area contributed by atoms with Crippen LogP contribution in [0.4, 0.5) is 5.95 Å². The normalized spacial score (nSPS) is 11.7. The first-order valence-corrected chi connectivity index (χ1v) is 6.50. The zero-order chi connectivity index (χ0) is 14.9. The Morgan fingerprint density at radius 1 is 1.40 bits per heavy atom. The van der Waals surface area contributed by atoms with E-state index in [0.717, 1.165) is 17.0 Å². The summed E-state index contributed by atoms with van der Waals surface area (Å²) in [5.41, 5.74) is 2.50. The molecule has 0 radical (unpaired) electrons. The first-order valence-electron chi connectivity index (χ1n) is 6.50. The highest BCUT2D eigenvalue weighted by Crippen LogP contribution is 2.14. The van der Waals surface area contributed by atoms with E-state index in [4.69, 9.17) is 0 Å². The second-order valence-corrected chi connectivity index (χ2v) is 5.82. The molecule has 20 heavy (non-hydrogen) atoms. The highest BCUT2D eigenvalue weighted by Gasteiger charge is 2.17. The Hall–Kier alpha value is -2.18. The fourth-order valence-electron chi connectivity index (χ4n) is 1.81. The van der Waals surface area contributed by atoms with Gasteiger partial charge in [-0.2, -0.15) is 5.10 Å². The van der Waals surface area contributed by atoms with Gasteiger partial charge in [-0.25, -0.2) is 9.67 Å². The van der Waals surface area contributed by atoms with Crippen LogP contribution in [-0.4, -0.2) is 30.9 Å². The first kappa shape index (κ1) is 14.2. The maximum absolute atomic E-state index is 12.0. The molecule has 0 saturated carbocycles. The second-order valence-electron chi connectivity index (χ2n) is 5.82. The number of anilines is 1. The summed E-state index contributed by atoms with van der Waals surface area (Å²) >= 11 is 0. The molecule has 0 unspecified atom stereocenters. The van der Waals surface area contributed by atoms with E-state index in [1.807, 2.05) is 34.6 Å². The molecule has 2 heterocycles. The predicted octanol–water partition coefficient (Wildman–Crippen LogP) is 1.55. The molecule has 7 heteroatoms. The van der Waals surface area contributed by atoms with Crippen LogP contribution in [0.3, 0.4) is 0 Å². The van der Waals surface area contributed by atoms with Gasteiger partial charge in [0.2, 0.25) is 11.9 Å². The van der Waals surface area contributed by atoms with Gasteiger partial charge < -0.3 is 0 Å². The highest BCUT2D eigenvalue weighted by molar-refractivity contribution is 5.90. The lowest BCUT2D eigenvalue weighted by Crippen LogP contribution is -2.23. The van der Waals surface area contributed by atoms with Gasteiger partial charge in [-0.15, -0.1) is 5.10 Å². The number of aromatic nitrogens is 5. The molecule has 1 amide bonds. The molecule has 2 aromatic rings. The molecule has 7 nitrogen and oxygen atoms in total. The monoisotopic (exact) mass is 276 g/mol. The van der Waals surface area contributed by atoms with Gasteiger partial charge in [-0.1, -0.05) is 0 Å². The molecule has 0 bridgehead atoms. The Bertz CT molecular complexity index is 600. The maximum Gasteiger partial charge on any atom is 0.248 e. The summed E-state index contributed by atoms with van der Waals surface area (Å²) in [6, 6.07) is 0. The van der Waals surface area contributed by atoms with Gasteiger partial charge in [0.1, 0.15) is 6.33 Å². The highest BCUT2D eigenvalue weighted by atomic mass is 16.1. The number of aromatic amines is 1. The summed E-state index contributed by atoms with van der Waals surface area (Å²) in [5.74, 6) is 0.174. The van der Waals surface area contributed by atoms with Gasteiger partial charge >= 0.3 is 0 Å². The van der Waals surface area contributed by atoms with Crippen LogP contribution < -0.4 is 5.32 Å². The molecule has 0 atom stereocenters. The number of aryl methyl sites for hydroxylation is 2. The number of hydrogen-bond acceptors (Lipinski definition) is 4. The minimum Gasteiger partial charge on any atom is -0.293 e. The summed E-state index contributed by atoms with van der Waals surface area (Å²) in [5, 5.41) is 13.9. The van der Waals surface area contributed by atoms with Gasteiger partial charge in [-0.3, -0.25) is 15.2 Å². The summed E-state index contributed by atoms with van der Waals surface area (Å²) < 4.78 is 1.72. The molecule has 2 aromatic heterocycles. The van der Waals surface area contributed by atoms with Crippen LogP contribution in [0.2, 0.25) is 0 Å². The average molecular weight is 276 g/mol. The lowest BCUT2D eigenvalue weighted by atomic mass is 10.1. The third-order valence-electron chi connectivity index (χ3n) is 3.05. The molecule has 0 aromatic carbocycles. The van der Waals surface area contributed by atoms with Crippen molar-refractivity contribution in [2.24, 2.45) is 0 Å². The number of nitrogens with zero attached hydrogens (tertiary/aromatic N) is 4. The minimum atomic E-state index is -0.159. The van der Waals surface area contributed by atoms with E-state index in [2.05, 4.69) is 25.6 Å². The summed E-state index contributed by atoms with van der Waals surface area (Å²) in [7, 11) is 0. The maximum atomic E-state index is 12.0. The van der Waals surface area contributed by atoms with Crippen LogP contribution in [0.15, 0.2) is 6.33 Å². The van der Waals surface area contributed by atoms with E-state index in [-0.39, 0.29) is 17.9 Å². The smallest absolute Gasteiger partial charge is 0.248 e. The van der Waals surface area contributed by atoms with E-state index >= 15 is 0 Å². The minimum absolute atomic E-state index is 0.149. The molecular formula is C13H20N6O. The number of rotatable bonds is 3. The Kier molecular flexibility index (Phi) is 3.61. The number of amides is 1. The topological polar surface area (TPSA) is 88.5 Å². The standard InChI is InChI=1S/C13H20N6O/c1-8-10(9(2)17-16-8)6-11(20)15-12-14-7-19(18-12)13(3,4)5/h7H,6H2,1-5H3,(H,16,17)(H,15,18,20). The quantitative estimate of drug-likeness (QED) is 0.890. The average Bonchev–Trinajstić information content (AvgIpc) is 2.90. The summed E-state index contributed by atoms with van der Waals surface area (Å²) in [4.78, 5) is 16.1. The molecule has 0 fully saturated rings. The van der Waals surface area contributed by atoms with Crippen LogP contribution in [0.25, 0.3) is 0 Å². The molecule has 108 valence electrons. The van der Waals surface area contributed by atoms with E-state index in [1.165, 1.54) is 0 Å². The summed E-state index contributed by atoms with van der Waals surface area (Å²) in [6.07, 6.45) is 1.88. The van der Waals surface area contributed by atoms with Crippen molar-refractivity contribution in [3.05, 3.63) is 23.3 Å². The van der Waals surface area contributed by atoms with Crippen LogP contribution in [-0.2, 0) is 16.8 Å². The molecule has 0 aliphatic heterocycles. The molecule has 2 rings (SSSR count). The second kappa shape index (κ2) is 5.07. The molecule has 0 aliphatic carbocycles. The third kappa shape index (κ3) is 3.04. The number of nitrogens with one attached hydrogen (secondary N) is 2. The SMILES string of the molecule is Cc1n[nH]c(C)c1CC(=O)Nc1ncn(C(C)(C)C)n1. The van der Waals surface area contributed by atoms with Gasteiger partial charge in [0.05, 0.1) is 17.7 Å². The number of carbonyl (C=O) groups excluding carboxylic acids is 1. The van der Waals surface area contributed by atoms with E-state index in [9.17, 15) is 4.79 Å². The number of carbonyl (C=O) groups is 1. The Labute approximate surface area is 117 Å². The van der Waals surface area contributed by atoms with Crippen LogP contribution >= 0.6 is 0 Å². The van der Waals surface area contributed by atoms with Gasteiger partial charge in [0.15, 0.2) is 0 Å². The van der Waals surface area contributed by atoms with Crippen LogP contribution in [0.1, 0.15) is 37.7 Å². The van der Waals surface area contributed by atoms with Crippen molar-refractivity contribution in [2.75, 3.05) is 5.32 Å². The fourth-order valence-corrected chi connectivity index (χ4v) is 1.81. The van der Waals surface area contributed by atoms with Crippen LogP contribution in [0.5, 0.6) is 0 Å². The Morgan fingerprint density at radius 3 is 2.60 bits per heavy atom. The van der Waals surface area contributed by atoms with Crippen molar-refractivity contribution in [1.29, 1.82) is 0 Å². The zero-order valence-corrected chi connectivity index (χ0v) is 12.5. The van der Waals surface area contributed by atoms with E-state index in [0.29, 0.717) is 5.95 Å². The molecule has 0 spiro atoms. The lowest BCUT2D eigenvalue weighted by molar-refractivity contribution is -0.115.